The molecule has 2 rings (SSSR count). The number of halogens is 1. The van der Waals surface area contributed by atoms with Crippen LogP contribution in [0, 0.1) is 0 Å². The van der Waals surface area contributed by atoms with Gasteiger partial charge in [-0.2, -0.15) is 4.98 Å². The summed E-state index contributed by atoms with van der Waals surface area (Å²) in [7, 11) is 1.60. The Morgan fingerprint density at radius 3 is 2.85 bits per heavy atom. The maximum absolute atomic E-state index is 5.81. The summed E-state index contributed by atoms with van der Waals surface area (Å²) < 4.78 is 16.5. The number of benzene rings is 1. The zero-order valence-corrected chi connectivity index (χ0v) is 12.9. The van der Waals surface area contributed by atoms with Crippen LogP contribution in [0.2, 0.25) is 0 Å². The van der Waals surface area contributed by atoms with Gasteiger partial charge in [0.2, 0.25) is 12.2 Å². The molecule has 20 heavy (non-hydrogen) atoms. The van der Waals surface area contributed by atoms with E-state index in [1.54, 1.807) is 7.11 Å². The van der Waals surface area contributed by atoms with Crippen LogP contribution in [0.1, 0.15) is 18.3 Å². The molecule has 7 heteroatoms. The molecular weight excluding hydrogens is 326 g/mol. The lowest BCUT2D eigenvalue weighted by molar-refractivity contribution is 0.268. The van der Waals surface area contributed by atoms with Gasteiger partial charge in [-0.25, -0.2) is 0 Å². The van der Waals surface area contributed by atoms with Gasteiger partial charge in [0.05, 0.1) is 11.6 Å². The number of nitrogens with two attached hydrogens (primary N) is 1. The van der Waals surface area contributed by atoms with Crippen molar-refractivity contribution in [3.63, 3.8) is 0 Å². The summed E-state index contributed by atoms with van der Waals surface area (Å²) in [4.78, 5) is 3.90. The molecule has 0 bridgehead atoms. The van der Waals surface area contributed by atoms with E-state index >= 15 is 0 Å². The predicted octanol–water partition coefficient (Wildman–Crippen LogP) is 2.31. The molecule has 1 heterocycles. The fraction of sp³-hybridized carbons (Fsp3) is 0.385. The first-order valence-electron chi connectivity index (χ1n) is 6.10. The second kappa shape index (κ2) is 6.71. The van der Waals surface area contributed by atoms with Crippen molar-refractivity contribution in [3.8, 4) is 11.5 Å². The van der Waals surface area contributed by atoms with E-state index in [2.05, 4.69) is 30.6 Å². The minimum Gasteiger partial charge on any atom is -0.493 e. The minimum atomic E-state index is 0.0812. The summed E-state index contributed by atoms with van der Waals surface area (Å²) in [5, 5.41) is 3.69. The topological polar surface area (TPSA) is 83.4 Å². The molecule has 0 saturated carbocycles. The van der Waals surface area contributed by atoms with Gasteiger partial charge in [-0.05, 0) is 47.0 Å². The van der Waals surface area contributed by atoms with Gasteiger partial charge in [0, 0.05) is 6.04 Å². The third-order valence-electron chi connectivity index (χ3n) is 2.60. The Hall–Kier alpha value is -1.60. The fourth-order valence-corrected chi connectivity index (χ4v) is 2.40. The van der Waals surface area contributed by atoms with Gasteiger partial charge < -0.3 is 19.7 Å². The monoisotopic (exact) mass is 341 g/mol. The van der Waals surface area contributed by atoms with Crippen molar-refractivity contribution >= 4 is 15.9 Å². The molecule has 1 unspecified atom stereocenters. The van der Waals surface area contributed by atoms with E-state index in [9.17, 15) is 0 Å². The third-order valence-corrected chi connectivity index (χ3v) is 3.19. The summed E-state index contributed by atoms with van der Waals surface area (Å²) in [6.45, 7) is 2.17. The second-order valence-corrected chi connectivity index (χ2v) is 5.28. The summed E-state index contributed by atoms with van der Waals surface area (Å²) in [5.41, 5.74) is 6.89. The quantitative estimate of drug-likeness (QED) is 0.867. The van der Waals surface area contributed by atoms with E-state index in [-0.39, 0.29) is 12.6 Å². The smallest absolute Gasteiger partial charge is 0.213 e. The van der Waals surface area contributed by atoms with Crippen LogP contribution < -0.4 is 15.2 Å². The zero-order chi connectivity index (χ0) is 14.5. The maximum Gasteiger partial charge on any atom is 0.213 e. The summed E-state index contributed by atoms with van der Waals surface area (Å²) in [6.07, 6.45) is 2.02. The summed E-state index contributed by atoms with van der Waals surface area (Å²) in [6, 6.07) is 3.97. The number of nitrogens with zero attached hydrogens (tertiary/aromatic N) is 2. The average Bonchev–Trinajstić information content (AvgIpc) is 2.89. The highest BCUT2D eigenvalue weighted by Gasteiger charge is 2.13. The van der Waals surface area contributed by atoms with Crippen LogP contribution in [-0.4, -0.2) is 23.3 Å². The third kappa shape index (κ3) is 3.71. The highest BCUT2D eigenvalue weighted by molar-refractivity contribution is 9.10. The zero-order valence-electron chi connectivity index (χ0n) is 11.3. The first kappa shape index (κ1) is 14.8. The van der Waals surface area contributed by atoms with Crippen LogP contribution >= 0.6 is 15.9 Å². The normalized spacial score (nSPS) is 12.2. The molecule has 108 valence electrons. The van der Waals surface area contributed by atoms with E-state index in [0.717, 1.165) is 16.5 Å². The lowest BCUT2D eigenvalue weighted by Crippen LogP contribution is -2.17. The molecule has 1 atom stereocenters. The largest absolute Gasteiger partial charge is 0.493 e. The number of methoxy groups -OCH3 is 1. The molecule has 0 aliphatic heterocycles. The Bertz CT molecular complexity index is 558. The summed E-state index contributed by atoms with van der Waals surface area (Å²) in [5.74, 6) is 1.71. The number of rotatable bonds is 6. The molecule has 2 N–H and O–H groups in total. The maximum atomic E-state index is 5.81. The highest BCUT2D eigenvalue weighted by atomic mass is 79.9. The number of hydrogen-bond donors (Lipinski definition) is 1. The lowest BCUT2D eigenvalue weighted by Gasteiger charge is -2.14. The van der Waals surface area contributed by atoms with Gasteiger partial charge >= 0.3 is 0 Å². The molecule has 6 nitrogen and oxygen atoms in total. The Balaban J connectivity index is 2.18. The minimum absolute atomic E-state index is 0.0812. The molecule has 0 aliphatic carbocycles. The number of ether oxygens (including phenoxy) is 2. The fourth-order valence-electron chi connectivity index (χ4n) is 1.80. The SMILES string of the molecule is COc1cc(CC(C)N)cc(Br)c1OCc1ncon1. The standard InChI is InChI=1S/C13H16BrN3O3/c1-8(15)3-9-4-10(14)13(11(5-9)18-2)19-6-12-16-7-20-17-12/h4-5,7-8H,3,6,15H2,1-2H3. The van der Waals surface area contributed by atoms with Crippen molar-refractivity contribution in [2.45, 2.75) is 26.0 Å². The highest BCUT2D eigenvalue weighted by Crippen LogP contribution is 2.37. The molecule has 0 fully saturated rings. The molecular formula is C13H16BrN3O3. The number of aromatic nitrogens is 2. The molecule has 1 aromatic heterocycles. The average molecular weight is 342 g/mol. The molecule has 0 saturated heterocycles. The van der Waals surface area contributed by atoms with Crippen LogP contribution in [0.25, 0.3) is 0 Å². The van der Waals surface area contributed by atoms with Crippen LogP contribution in [0.5, 0.6) is 11.5 Å². The number of hydrogen-bond acceptors (Lipinski definition) is 6. The van der Waals surface area contributed by atoms with E-state index in [1.165, 1.54) is 6.39 Å². The van der Waals surface area contributed by atoms with Gasteiger partial charge in [-0.3, -0.25) is 0 Å². The van der Waals surface area contributed by atoms with Crippen molar-refractivity contribution < 1.29 is 14.0 Å². The Morgan fingerprint density at radius 2 is 2.25 bits per heavy atom. The van der Waals surface area contributed by atoms with Crippen molar-refractivity contribution in [1.82, 2.24) is 10.1 Å². The Labute approximate surface area is 125 Å². The molecule has 1 aromatic carbocycles. The van der Waals surface area contributed by atoms with Gasteiger partial charge in [0.15, 0.2) is 18.1 Å². The van der Waals surface area contributed by atoms with Crippen LogP contribution in [0.15, 0.2) is 27.5 Å². The van der Waals surface area contributed by atoms with Gasteiger partial charge in [0.25, 0.3) is 0 Å². The van der Waals surface area contributed by atoms with Crippen LogP contribution in [-0.2, 0) is 13.0 Å². The molecule has 0 amide bonds. The van der Waals surface area contributed by atoms with E-state index < -0.39 is 0 Å². The van der Waals surface area contributed by atoms with Gasteiger partial charge in [-0.1, -0.05) is 5.16 Å². The molecule has 0 radical (unpaired) electrons. The second-order valence-electron chi connectivity index (χ2n) is 4.43. The van der Waals surface area contributed by atoms with E-state index in [4.69, 9.17) is 15.2 Å². The van der Waals surface area contributed by atoms with E-state index in [0.29, 0.717) is 17.3 Å². The summed E-state index contributed by atoms with van der Waals surface area (Å²) >= 11 is 3.48. The first-order valence-corrected chi connectivity index (χ1v) is 6.89. The van der Waals surface area contributed by atoms with Crippen LogP contribution in [0.4, 0.5) is 0 Å². The Kier molecular flexibility index (Phi) is 4.97. The molecule has 0 aliphatic rings. The molecule has 2 aromatic rings. The predicted molar refractivity (Wildman–Crippen MR) is 76.7 cm³/mol. The van der Waals surface area contributed by atoms with Gasteiger partial charge in [-0.15, -0.1) is 0 Å². The first-order chi connectivity index (χ1) is 9.60. The van der Waals surface area contributed by atoms with Crippen molar-refractivity contribution in [3.05, 3.63) is 34.4 Å². The van der Waals surface area contributed by atoms with Crippen molar-refractivity contribution in [2.24, 2.45) is 5.73 Å². The van der Waals surface area contributed by atoms with Gasteiger partial charge in [0.1, 0.15) is 0 Å². The lowest BCUT2D eigenvalue weighted by atomic mass is 10.1. The van der Waals surface area contributed by atoms with Crippen molar-refractivity contribution in [2.75, 3.05) is 7.11 Å². The van der Waals surface area contributed by atoms with Crippen molar-refractivity contribution in [1.29, 1.82) is 0 Å². The molecule has 0 spiro atoms. The van der Waals surface area contributed by atoms with E-state index in [1.807, 2.05) is 19.1 Å². The van der Waals surface area contributed by atoms with Crippen LogP contribution in [0.3, 0.4) is 0 Å². The Morgan fingerprint density at radius 1 is 1.45 bits per heavy atom.